The number of nitrogens with one attached hydrogen (secondary N) is 1. The number of aliphatic hydroxyl groups excluding tert-OH is 2. The number of halogens is 1. The first-order valence-electron chi connectivity index (χ1n) is 5.32. The van der Waals surface area contributed by atoms with E-state index < -0.39 is 24.3 Å². The van der Waals surface area contributed by atoms with E-state index in [0.29, 0.717) is 0 Å². The van der Waals surface area contributed by atoms with Crippen molar-refractivity contribution in [2.75, 3.05) is 6.61 Å². The largest absolute Gasteiger partial charge is 0.394 e. The fraction of sp³-hybridized carbons (Fsp3) is 0.600. The van der Waals surface area contributed by atoms with Gasteiger partial charge in [-0.25, -0.2) is 4.39 Å². The monoisotopic (exact) mass is 294 g/mol. The summed E-state index contributed by atoms with van der Waals surface area (Å²) in [5.41, 5.74) is 0. The molecule has 0 aliphatic rings. The van der Waals surface area contributed by atoms with E-state index in [-0.39, 0.29) is 16.0 Å². The first kappa shape index (κ1) is 15.4. The van der Waals surface area contributed by atoms with E-state index in [1.807, 2.05) is 0 Å². The maximum Gasteiger partial charge on any atom is 0.180 e. The minimum Gasteiger partial charge on any atom is -0.394 e. The molecule has 0 spiro atoms. The first-order valence-corrected chi connectivity index (χ1v) is 6.13. The van der Waals surface area contributed by atoms with Crippen molar-refractivity contribution in [3.63, 3.8) is 0 Å². The van der Waals surface area contributed by atoms with Crippen molar-refractivity contribution >= 4 is 24.4 Å². The molecule has 102 valence electrons. The number of aromatic amines is 1. The lowest BCUT2D eigenvalue weighted by molar-refractivity contribution is -0.112. The molecular weight excluding hydrogens is 279 g/mol. The number of aliphatic hydroxyl groups is 2. The first-order chi connectivity index (χ1) is 8.36. The van der Waals surface area contributed by atoms with Gasteiger partial charge in [0.1, 0.15) is 17.0 Å². The lowest BCUT2D eigenvalue weighted by Gasteiger charge is -2.24. The van der Waals surface area contributed by atoms with Gasteiger partial charge in [-0.1, -0.05) is 12.2 Å². The highest BCUT2D eigenvalue weighted by Gasteiger charge is 2.19. The number of ether oxygens (including phenoxy) is 1. The number of aromatic nitrogens is 2. The summed E-state index contributed by atoms with van der Waals surface area (Å²) in [6.07, 6.45) is -1.14. The molecule has 1 aromatic rings. The molecule has 0 saturated carbocycles. The predicted molar refractivity (Wildman–Crippen MR) is 68.8 cm³/mol. The molecule has 0 aliphatic heterocycles. The Hall–Kier alpha value is -0.670. The standard InChI is InChI=1S/C10H15FN2O3S2/c1-5(15)8(4-14)16-6(2)13-3-7(11)9(17)12-10(13)18/h3,5-6,8,14-15H,4H2,1-2H3,(H,12,17,18). The zero-order valence-corrected chi connectivity index (χ0v) is 11.6. The second kappa shape index (κ2) is 6.48. The zero-order valence-electron chi connectivity index (χ0n) is 9.96. The average molecular weight is 294 g/mol. The molecule has 1 rings (SSSR count). The van der Waals surface area contributed by atoms with Crippen molar-refractivity contribution in [1.82, 2.24) is 9.55 Å². The van der Waals surface area contributed by atoms with Crippen LogP contribution in [0.25, 0.3) is 0 Å². The number of rotatable bonds is 5. The molecule has 8 heteroatoms. The van der Waals surface area contributed by atoms with E-state index in [1.54, 1.807) is 6.92 Å². The molecule has 3 atom stereocenters. The van der Waals surface area contributed by atoms with Crippen LogP contribution in [0.3, 0.4) is 0 Å². The minimum atomic E-state index is -0.848. The Bertz CT molecular complexity index is 515. The quantitative estimate of drug-likeness (QED) is 0.721. The Labute approximate surface area is 114 Å². The van der Waals surface area contributed by atoms with Crippen LogP contribution < -0.4 is 0 Å². The van der Waals surface area contributed by atoms with Crippen LogP contribution in [0.1, 0.15) is 20.1 Å². The van der Waals surface area contributed by atoms with Gasteiger partial charge in [-0.3, -0.25) is 4.57 Å². The Kier molecular flexibility index (Phi) is 5.54. The summed E-state index contributed by atoms with van der Waals surface area (Å²) in [5, 5.41) is 18.4. The summed E-state index contributed by atoms with van der Waals surface area (Å²) < 4.78 is 20.2. The van der Waals surface area contributed by atoms with Gasteiger partial charge in [0, 0.05) is 6.20 Å². The van der Waals surface area contributed by atoms with Crippen LogP contribution in [-0.4, -0.2) is 38.6 Å². The summed E-state index contributed by atoms with van der Waals surface area (Å²) in [5.74, 6) is -0.619. The second-order valence-electron chi connectivity index (χ2n) is 3.84. The normalized spacial score (nSPS) is 16.3. The molecule has 0 bridgehead atoms. The van der Waals surface area contributed by atoms with Gasteiger partial charge in [-0.05, 0) is 26.1 Å². The molecular formula is C10H15FN2O3S2. The highest BCUT2D eigenvalue weighted by atomic mass is 32.1. The Morgan fingerprint density at radius 2 is 2.11 bits per heavy atom. The van der Waals surface area contributed by atoms with E-state index in [1.165, 1.54) is 11.5 Å². The summed E-state index contributed by atoms with van der Waals surface area (Å²) in [6.45, 7) is 2.77. The van der Waals surface area contributed by atoms with Gasteiger partial charge in [0.2, 0.25) is 0 Å². The van der Waals surface area contributed by atoms with Gasteiger partial charge in [-0.15, -0.1) is 0 Å². The summed E-state index contributed by atoms with van der Waals surface area (Å²) in [7, 11) is 0. The zero-order chi connectivity index (χ0) is 13.9. The molecule has 0 aliphatic carbocycles. The third-order valence-electron chi connectivity index (χ3n) is 2.41. The van der Waals surface area contributed by atoms with Gasteiger partial charge >= 0.3 is 0 Å². The van der Waals surface area contributed by atoms with Crippen molar-refractivity contribution in [2.24, 2.45) is 0 Å². The molecule has 3 N–H and O–H groups in total. The van der Waals surface area contributed by atoms with Crippen molar-refractivity contribution in [3.8, 4) is 0 Å². The van der Waals surface area contributed by atoms with E-state index in [4.69, 9.17) is 34.3 Å². The molecule has 3 unspecified atom stereocenters. The highest BCUT2D eigenvalue weighted by molar-refractivity contribution is 7.72. The maximum absolute atomic E-state index is 13.3. The van der Waals surface area contributed by atoms with Crippen LogP contribution in [0.2, 0.25) is 0 Å². The summed E-state index contributed by atoms with van der Waals surface area (Å²) in [6, 6.07) is 0. The predicted octanol–water partition coefficient (Wildman–Crippen LogP) is 1.69. The molecule has 0 saturated heterocycles. The molecule has 0 fully saturated rings. The van der Waals surface area contributed by atoms with Crippen molar-refractivity contribution in [2.45, 2.75) is 32.3 Å². The van der Waals surface area contributed by atoms with Crippen molar-refractivity contribution in [3.05, 3.63) is 21.4 Å². The molecule has 0 radical (unpaired) electrons. The van der Waals surface area contributed by atoms with Gasteiger partial charge in [0.15, 0.2) is 10.6 Å². The van der Waals surface area contributed by atoms with Gasteiger partial charge in [0.25, 0.3) is 0 Å². The van der Waals surface area contributed by atoms with E-state index >= 15 is 0 Å². The third kappa shape index (κ3) is 3.66. The molecule has 1 heterocycles. The molecule has 0 aromatic carbocycles. The lowest BCUT2D eigenvalue weighted by Crippen LogP contribution is -2.32. The SMILES string of the molecule is CC(O)C(CO)OC(C)n1cc(F)c(=S)[nH]c1=S. The molecule has 1 aromatic heterocycles. The van der Waals surface area contributed by atoms with Crippen LogP contribution in [0.5, 0.6) is 0 Å². The van der Waals surface area contributed by atoms with Crippen molar-refractivity contribution in [1.29, 1.82) is 0 Å². The number of nitrogens with zero attached hydrogens (tertiary/aromatic N) is 1. The van der Waals surface area contributed by atoms with E-state index in [9.17, 15) is 9.50 Å². The second-order valence-corrected chi connectivity index (χ2v) is 4.64. The summed E-state index contributed by atoms with van der Waals surface area (Å²) >= 11 is 9.71. The van der Waals surface area contributed by atoms with E-state index in [2.05, 4.69) is 4.98 Å². The Morgan fingerprint density at radius 1 is 1.50 bits per heavy atom. The number of hydrogen-bond acceptors (Lipinski definition) is 5. The van der Waals surface area contributed by atoms with Gasteiger partial charge < -0.3 is 19.9 Å². The fourth-order valence-electron chi connectivity index (χ4n) is 1.36. The Morgan fingerprint density at radius 3 is 2.61 bits per heavy atom. The van der Waals surface area contributed by atoms with Crippen LogP contribution in [-0.2, 0) is 4.74 Å². The van der Waals surface area contributed by atoms with Crippen molar-refractivity contribution < 1.29 is 19.3 Å². The average Bonchev–Trinajstić information content (AvgIpc) is 2.29. The van der Waals surface area contributed by atoms with Crippen LogP contribution in [0, 0.1) is 15.2 Å². The lowest BCUT2D eigenvalue weighted by atomic mass is 10.2. The topological polar surface area (TPSA) is 70.4 Å². The van der Waals surface area contributed by atoms with Crippen LogP contribution >= 0.6 is 24.4 Å². The maximum atomic E-state index is 13.3. The number of hydrogen-bond donors (Lipinski definition) is 3. The smallest absolute Gasteiger partial charge is 0.180 e. The third-order valence-corrected chi connectivity index (χ3v) is 3.02. The van der Waals surface area contributed by atoms with Crippen LogP contribution in [0.4, 0.5) is 4.39 Å². The van der Waals surface area contributed by atoms with E-state index in [0.717, 1.165) is 6.20 Å². The minimum absolute atomic E-state index is 0.0716. The fourth-order valence-corrected chi connectivity index (χ4v) is 1.88. The van der Waals surface area contributed by atoms with Gasteiger partial charge in [0.05, 0.1) is 12.7 Å². The highest BCUT2D eigenvalue weighted by Crippen LogP contribution is 2.14. The molecule has 5 nitrogen and oxygen atoms in total. The molecule has 18 heavy (non-hydrogen) atoms. The summed E-state index contributed by atoms with van der Waals surface area (Å²) in [4.78, 5) is 2.52. The molecule has 0 amide bonds. The number of H-pyrrole nitrogens is 1. The van der Waals surface area contributed by atoms with Crippen LogP contribution in [0.15, 0.2) is 6.20 Å². The van der Waals surface area contributed by atoms with Gasteiger partial charge in [-0.2, -0.15) is 0 Å². The Balaban J connectivity index is 2.97.